The first-order valence-corrected chi connectivity index (χ1v) is 12.2. The van der Waals surface area contributed by atoms with Crippen LogP contribution in [0.5, 0.6) is 0 Å². The maximum atomic E-state index is 13.0. The summed E-state index contributed by atoms with van der Waals surface area (Å²) in [5, 5.41) is 9.40. The van der Waals surface area contributed by atoms with Gasteiger partial charge in [-0.1, -0.05) is 26.0 Å². The third-order valence-corrected chi connectivity index (χ3v) is 7.39. The lowest BCUT2D eigenvalue weighted by molar-refractivity contribution is -0.137. The minimum Gasteiger partial charge on any atom is -0.364 e. The summed E-state index contributed by atoms with van der Waals surface area (Å²) in [4.78, 5) is 21.9. The van der Waals surface area contributed by atoms with Gasteiger partial charge in [-0.25, -0.2) is 4.98 Å². The van der Waals surface area contributed by atoms with Crippen LogP contribution in [0.4, 0.5) is 18.9 Å². The van der Waals surface area contributed by atoms with E-state index in [1.54, 1.807) is 37.4 Å². The molecule has 6 nitrogen and oxygen atoms in total. The van der Waals surface area contributed by atoms with Crippen molar-refractivity contribution in [3.05, 3.63) is 69.6 Å². The van der Waals surface area contributed by atoms with Gasteiger partial charge in [0.1, 0.15) is 17.3 Å². The van der Waals surface area contributed by atoms with E-state index >= 15 is 0 Å². The standard InChI is InChI=1S/C27H30F3N5O/c1-5-21-16-35(24-13-25(36)33(4)23-12-11-20(14-31)32-26(23)24)22(6-2)15-34(21)17(3)18-7-9-19(10-8-18)27(28,29)30/h7-13,17,21-22H,5-6,15-16H2,1-4H3/t17?,21-,22+/m1/s1. The summed E-state index contributed by atoms with van der Waals surface area (Å²) >= 11 is 0. The highest BCUT2D eigenvalue weighted by atomic mass is 19.4. The Labute approximate surface area is 208 Å². The number of aryl methyl sites for hydroxylation is 1. The largest absolute Gasteiger partial charge is 0.416 e. The number of anilines is 1. The molecule has 1 aliphatic heterocycles. The molecule has 9 heteroatoms. The van der Waals surface area contributed by atoms with Crippen LogP contribution in [0.25, 0.3) is 11.0 Å². The zero-order valence-corrected chi connectivity index (χ0v) is 20.9. The average molecular weight is 498 g/mol. The van der Waals surface area contributed by atoms with E-state index in [1.165, 1.54) is 4.57 Å². The molecule has 1 unspecified atom stereocenters. The summed E-state index contributed by atoms with van der Waals surface area (Å²) in [6.45, 7) is 7.53. The highest BCUT2D eigenvalue weighted by Crippen LogP contribution is 2.35. The molecule has 0 spiro atoms. The second-order valence-corrected chi connectivity index (χ2v) is 9.37. The predicted molar refractivity (Wildman–Crippen MR) is 134 cm³/mol. The number of halogens is 3. The second-order valence-electron chi connectivity index (χ2n) is 9.37. The van der Waals surface area contributed by atoms with Gasteiger partial charge in [0.15, 0.2) is 0 Å². The number of rotatable bonds is 5. The van der Waals surface area contributed by atoms with Gasteiger partial charge in [-0.05, 0) is 49.6 Å². The number of aromatic nitrogens is 2. The Morgan fingerprint density at radius 2 is 1.75 bits per heavy atom. The first-order chi connectivity index (χ1) is 17.1. The van der Waals surface area contributed by atoms with Gasteiger partial charge >= 0.3 is 6.18 Å². The minimum atomic E-state index is -4.36. The molecule has 1 fully saturated rings. The molecule has 36 heavy (non-hydrogen) atoms. The molecule has 1 saturated heterocycles. The van der Waals surface area contributed by atoms with Crippen LogP contribution in [0.1, 0.15) is 56.5 Å². The molecule has 0 N–H and O–H groups in total. The quantitative estimate of drug-likeness (QED) is 0.481. The zero-order valence-electron chi connectivity index (χ0n) is 20.9. The Morgan fingerprint density at radius 3 is 2.33 bits per heavy atom. The van der Waals surface area contributed by atoms with Crippen LogP contribution in [0, 0.1) is 11.3 Å². The molecule has 0 aliphatic carbocycles. The van der Waals surface area contributed by atoms with Crippen molar-refractivity contribution in [1.29, 1.82) is 5.26 Å². The van der Waals surface area contributed by atoms with Crippen LogP contribution in [0.2, 0.25) is 0 Å². The fraction of sp³-hybridized carbons (Fsp3) is 0.444. The van der Waals surface area contributed by atoms with E-state index < -0.39 is 11.7 Å². The Hall–Kier alpha value is -3.38. The predicted octanol–water partition coefficient (Wildman–Crippen LogP) is 5.26. The van der Waals surface area contributed by atoms with Gasteiger partial charge in [-0.2, -0.15) is 18.4 Å². The smallest absolute Gasteiger partial charge is 0.364 e. The van der Waals surface area contributed by atoms with E-state index in [1.807, 2.05) is 6.92 Å². The van der Waals surface area contributed by atoms with Gasteiger partial charge in [0.05, 0.1) is 16.8 Å². The lowest BCUT2D eigenvalue weighted by atomic mass is 9.96. The summed E-state index contributed by atoms with van der Waals surface area (Å²) in [7, 11) is 1.69. The van der Waals surface area contributed by atoms with E-state index in [9.17, 15) is 23.2 Å². The highest BCUT2D eigenvalue weighted by Gasteiger charge is 2.37. The maximum absolute atomic E-state index is 13.0. The molecule has 0 amide bonds. The van der Waals surface area contributed by atoms with E-state index in [0.29, 0.717) is 24.1 Å². The van der Waals surface area contributed by atoms with Crippen molar-refractivity contribution in [3.63, 3.8) is 0 Å². The van der Waals surface area contributed by atoms with Crippen molar-refractivity contribution in [2.75, 3.05) is 18.0 Å². The normalized spacial score (nSPS) is 19.9. The Morgan fingerprint density at radius 1 is 1.08 bits per heavy atom. The van der Waals surface area contributed by atoms with Gasteiger partial charge in [-0.3, -0.25) is 9.69 Å². The fourth-order valence-electron chi connectivity index (χ4n) is 5.19. The summed E-state index contributed by atoms with van der Waals surface area (Å²) in [5.74, 6) is 0. The van der Waals surface area contributed by atoms with Crippen molar-refractivity contribution in [3.8, 4) is 6.07 Å². The number of hydrogen-bond acceptors (Lipinski definition) is 5. The molecular weight excluding hydrogens is 467 g/mol. The third-order valence-electron chi connectivity index (χ3n) is 7.39. The van der Waals surface area contributed by atoms with E-state index in [-0.39, 0.29) is 29.4 Å². The molecule has 1 aromatic carbocycles. The van der Waals surface area contributed by atoms with Gasteiger partial charge in [0.2, 0.25) is 0 Å². The van der Waals surface area contributed by atoms with Gasteiger partial charge in [0.25, 0.3) is 5.56 Å². The first-order valence-electron chi connectivity index (χ1n) is 12.2. The summed E-state index contributed by atoms with van der Waals surface area (Å²) in [6, 6.07) is 12.6. The molecule has 4 rings (SSSR count). The van der Waals surface area contributed by atoms with Crippen LogP contribution in [0.15, 0.2) is 47.3 Å². The number of nitriles is 1. The number of nitrogens with zero attached hydrogens (tertiary/aromatic N) is 5. The molecule has 0 radical (unpaired) electrons. The van der Waals surface area contributed by atoms with Gasteiger partial charge in [0, 0.05) is 44.3 Å². The summed E-state index contributed by atoms with van der Waals surface area (Å²) < 4.78 is 40.7. The van der Waals surface area contributed by atoms with Crippen LogP contribution in [-0.2, 0) is 13.2 Å². The molecule has 0 saturated carbocycles. The van der Waals surface area contributed by atoms with E-state index in [2.05, 4.69) is 34.7 Å². The second kappa shape index (κ2) is 9.94. The molecule has 3 atom stereocenters. The monoisotopic (exact) mass is 497 g/mol. The maximum Gasteiger partial charge on any atom is 0.416 e. The van der Waals surface area contributed by atoms with E-state index in [0.717, 1.165) is 36.2 Å². The van der Waals surface area contributed by atoms with Crippen molar-refractivity contribution in [1.82, 2.24) is 14.5 Å². The molecule has 3 heterocycles. The van der Waals surface area contributed by atoms with Crippen molar-refractivity contribution in [2.45, 2.75) is 57.9 Å². The topological polar surface area (TPSA) is 65.2 Å². The Kier molecular flexibility index (Phi) is 7.10. The number of fused-ring (bicyclic) bond motifs is 1. The number of piperazine rings is 1. The first kappa shape index (κ1) is 25.7. The number of pyridine rings is 2. The molecule has 1 aliphatic rings. The molecule has 0 bridgehead atoms. The van der Waals surface area contributed by atoms with Crippen LogP contribution >= 0.6 is 0 Å². The molecular formula is C27H30F3N5O. The molecule has 2 aromatic heterocycles. The lowest BCUT2D eigenvalue weighted by Gasteiger charge is -2.49. The van der Waals surface area contributed by atoms with E-state index in [4.69, 9.17) is 0 Å². The SMILES string of the molecule is CC[C@H]1CN(C(C)c2ccc(C(F)(F)F)cc2)[C@H](CC)CN1c1cc(=O)n(C)c2ccc(C#N)nc12. The average Bonchev–Trinajstić information content (AvgIpc) is 2.88. The minimum absolute atomic E-state index is 0.0625. The number of benzene rings is 1. The Bertz CT molecular complexity index is 1340. The molecule has 190 valence electrons. The zero-order chi connectivity index (χ0) is 26.2. The van der Waals surface area contributed by atoms with Crippen LogP contribution in [0.3, 0.4) is 0 Å². The van der Waals surface area contributed by atoms with Crippen molar-refractivity contribution < 1.29 is 13.2 Å². The number of hydrogen-bond donors (Lipinski definition) is 0. The van der Waals surface area contributed by atoms with Crippen LogP contribution in [-0.4, -0.2) is 39.6 Å². The van der Waals surface area contributed by atoms with Crippen molar-refractivity contribution in [2.24, 2.45) is 7.05 Å². The summed E-state index contributed by atoms with van der Waals surface area (Å²) in [6.07, 6.45) is -2.72. The molecule has 3 aromatic rings. The lowest BCUT2D eigenvalue weighted by Crippen LogP contribution is -2.58. The third kappa shape index (κ3) is 4.70. The van der Waals surface area contributed by atoms with Crippen molar-refractivity contribution >= 4 is 16.7 Å². The summed E-state index contributed by atoms with van der Waals surface area (Å²) in [5.41, 5.74) is 2.34. The van der Waals surface area contributed by atoms with Gasteiger partial charge in [-0.15, -0.1) is 0 Å². The highest BCUT2D eigenvalue weighted by molar-refractivity contribution is 5.89. The van der Waals surface area contributed by atoms with Gasteiger partial charge < -0.3 is 9.47 Å². The number of alkyl halides is 3. The van der Waals surface area contributed by atoms with Crippen LogP contribution < -0.4 is 10.5 Å². The Balaban J connectivity index is 1.70. The fourth-order valence-corrected chi connectivity index (χ4v) is 5.19.